The quantitative estimate of drug-likeness (QED) is 0.382. The van der Waals surface area contributed by atoms with Gasteiger partial charge in [0.2, 0.25) is 6.29 Å². The summed E-state index contributed by atoms with van der Waals surface area (Å²) in [5, 5.41) is 40.2. The van der Waals surface area contributed by atoms with Crippen LogP contribution in [0.4, 0.5) is 10.5 Å². The Morgan fingerprint density at radius 2 is 1.77 bits per heavy atom. The number of hydrogen-bond donors (Lipinski definition) is 5. The highest BCUT2D eigenvalue weighted by molar-refractivity contribution is 5.84. The Morgan fingerprint density at radius 3 is 2.35 bits per heavy atom. The third-order valence-electron chi connectivity index (χ3n) is 3.55. The van der Waals surface area contributed by atoms with Gasteiger partial charge in [0, 0.05) is 5.69 Å². The smallest absolute Gasteiger partial charge is 0.414 e. The molecule has 5 N–H and O–H groups in total. The Kier molecular flexibility index (Phi) is 6.46. The minimum absolute atomic E-state index is 0.0626. The maximum absolute atomic E-state index is 11.9. The summed E-state index contributed by atoms with van der Waals surface area (Å²) in [6.45, 7) is 0.363. The van der Waals surface area contributed by atoms with Crippen molar-refractivity contribution in [2.75, 3.05) is 5.32 Å². The number of anilines is 1. The second-order valence-electron chi connectivity index (χ2n) is 5.37. The van der Waals surface area contributed by atoms with Crippen LogP contribution in [0.25, 0.3) is 0 Å². The molecule has 1 aliphatic heterocycles. The molecule has 0 bridgehead atoms. The van der Waals surface area contributed by atoms with Crippen LogP contribution in [0.1, 0.15) is 5.56 Å². The molecular weight excluding hydrogens is 354 g/mol. The van der Waals surface area contributed by atoms with Crippen molar-refractivity contribution in [1.82, 2.24) is 0 Å². The summed E-state index contributed by atoms with van der Waals surface area (Å²) in [7, 11) is 0. The summed E-state index contributed by atoms with van der Waals surface area (Å²) in [5.41, 5.74) is 0.967. The first-order valence-electron chi connectivity index (χ1n) is 7.37. The van der Waals surface area contributed by atoms with Gasteiger partial charge in [0.1, 0.15) is 24.9 Å². The molecule has 0 radical (unpaired) electrons. The summed E-state index contributed by atoms with van der Waals surface area (Å²) in [5.74, 6) is -1.59. The van der Waals surface area contributed by atoms with Crippen molar-refractivity contribution < 1.29 is 49.0 Å². The van der Waals surface area contributed by atoms with E-state index in [9.17, 15) is 29.7 Å². The normalized spacial score (nSPS) is 28.0. The fraction of sp³-hybridized carbons (Fsp3) is 0.400. The van der Waals surface area contributed by atoms with Gasteiger partial charge in [-0.2, -0.15) is 0 Å². The Bertz CT molecular complexity index is 648. The molecule has 5 atom stereocenters. The first-order valence-corrected chi connectivity index (χ1v) is 7.37. The van der Waals surface area contributed by atoms with Crippen molar-refractivity contribution in [2.45, 2.75) is 37.3 Å². The lowest BCUT2D eigenvalue weighted by Crippen LogP contribution is -2.60. The van der Waals surface area contributed by atoms with Crippen molar-refractivity contribution in [3.63, 3.8) is 0 Å². The Hall–Kier alpha value is -2.73. The monoisotopic (exact) mass is 371 g/mol. The third kappa shape index (κ3) is 4.67. The van der Waals surface area contributed by atoms with Crippen molar-refractivity contribution in [3.05, 3.63) is 29.8 Å². The van der Waals surface area contributed by atoms with Crippen LogP contribution in [-0.2, 0) is 30.4 Å². The average molecular weight is 371 g/mol. The van der Waals surface area contributed by atoms with E-state index in [0.717, 1.165) is 0 Å². The Labute approximate surface area is 146 Å². The van der Waals surface area contributed by atoms with Crippen LogP contribution >= 0.6 is 0 Å². The molecule has 5 unspecified atom stereocenters. The molecule has 1 amide bonds. The number of carbonyl (C=O) groups excluding carboxylic acids is 2. The maximum Gasteiger partial charge on any atom is 0.414 e. The van der Waals surface area contributed by atoms with E-state index in [1.807, 2.05) is 0 Å². The number of aliphatic hydroxyl groups is 3. The van der Waals surface area contributed by atoms with Gasteiger partial charge in [-0.25, -0.2) is 9.59 Å². The molecule has 0 spiro atoms. The van der Waals surface area contributed by atoms with Gasteiger partial charge >= 0.3 is 12.1 Å². The summed E-state index contributed by atoms with van der Waals surface area (Å²) in [6, 6.07) is 6.13. The first-order chi connectivity index (χ1) is 12.3. The van der Waals surface area contributed by atoms with Crippen LogP contribution in [0, 0.1) is 0 Å². The molecule has 0 saturated carbocycles. The molecule has 2 rings (SSSR count). The number of carboxylic acids is 1. The van der Waals surface area contributed by atoms with Gasteiger partial charge < -0.3 is 34.6 Å². The number of aliphatic hydroxyl groups excluding tert-OH is 3. The lowest BCUT2D eigenvalue weighted by Gasteiger charge is -2.37. The van der Waals surface area contributed by atoms with Crippen LogP contribution < -0.4 is 5.32 Å². The van der Waals surface area contributed by atoms with Gasteiger partial charge in [-0.3, -0.25) is 10.1 Å². The molecule has 26 heavy (non-hydrogen) atoms. The molecule has 1 aromatic rings. The highest BCUT2D eigenvalue weighted by Crippen LogP contribution is 2.23. The number of ether oxygens (including phenoxy) is 3. The molecule has 1 aliphatic rings. The average Bonchev–Trinajstić information content (AvgIpc) is 2.61. The second kappa shape index (κ2) is 8.58. The molecule has 1 heterocycles. The molecule has 0 aromatic heterocycles. The number of benzene rings is 1. The summed E-state index contributed by atoms with van der Waals surface area (Å²) in [4.78, 5) is 33.0. The van der Waals surface area contributed by atoms with Crippen molar-refractivity contribution in [3.8, 4) is 0 Å². The van der Waals surface area contributed by atoms with E-state index in [1.165, 1.54) is 12.1 Å². The molecule has 1 fully saturated rings. The molecule has 0 aliphatic carbocycles. The Morgan fingerprint density at radius 1 is 1.12 bits per heavy atom. The van der Waals surface area contributed by atoms with Gasteiger partial charge in [0.25, 0.3) is 6.47 Å². The second-order valence-corrected chi connectivity index (χ2v) is 5.37. The number of aliphatic carboxylic acids is 1. The molecule has 1 saturated heterocycles. The zero-order valence-electron chi connectivity index (χ0n) is 13.2. The van der Waals surface area contributed by atoms with Gasteiger partial charge in [-0.15, -0.1) is 0 Å². The number of hydrogen-bond acceptors (Lipinski definition) is 9. The highest BCUT2D eigenvalue weighted by atomic mass is 16.7. The van der Waals surface area contributed by atoms with Crippen LogP contribution in [0.15, 0.2) is 24.3 Å². The van der Waals surface area contributed by atoms with Gasteiger partial charge in [0.05, 0.1) is 0 Å². The number of carboxylic acid groups (broad SMARTS) is 1. The zero-order valence-corrected chi connectivity index (χ0v) is 13.2. The topological polar surface area (TPSA) is 172 Å². The molecule has 11 heteroatoms. The van der Waals surface area contributed by atoms with Crippen molar-refractivity contribution in [1.29, 1.82) is 0 Å². The van der Waals surface area contributed by atoms with Gasteiger partial charge in [-0.05, 0) is 17.7 Å². The molecule has 11 nitrogen and oxygen atoms in total. The van der Waals surface area contributed by atoms with Crippen LogP contribution in [-0.4, -0.2) is 69.7 Å². The Balaban J connectivity index is 1.95. The molecule has 1 aromatic carbocycles. The predicted molar refractivity (Wildman–Crippen MR) is 81.7 cm³/mol. The van der Waals surface area contributed by atoms with Gasteiger partial charge in [-0.1, -0.05) is 12.1 Å². The van der Waals surface area contributed by atoms with E-state index in [4.69, 9.17) is 14.6 Å². The standard InChI is InChI=1S/C15H17NO10/c17-6-24-5-7-1-3-8(4-2-7)16-15(23)26-14-11(20)9(18)10(19)12(25-14)13(21)22/h1-4,6,9-12,14,18-20H,5H2,(H,16,23)(H,21,22). The number of carbonyl (C=O) groups is 3. The van der Waals surface area contributed by atoms with E-state index in [0.29, 0.717) is 17.7 Å². The maximum atomic E-state index is 11.9. The lowest BCUT2D eigenvalue weighted by molar-refractivity contribution is -0.277. The van der Waals surface area contributed by atoms with Crippen molar-refractivity contribution in [2.24, 2.45) is 0 Å². The molecule has 142 valence electrons. The van der Waals surface area contributed by atoms with Crippen molar-refractivity contribution >= 4 is 24.2 Å². The fourth-order valence-corrected chi connectivity index (χ4v) is 2.22. The zero-order chi connectivity index (χ0) is 19.3. The number of amides is 1. The van der Waals surface area contributed by atoms with E-state index in [-0.39, 0.29) is 6.61 Å². The van der Waals surface area contributed by atoms with E-state index < -0.39 is 42.8 Å². The van der Waals surface area contributed by atoms with Crippen LogP contribution in [0.2, 0.25) is 0 Å². The SMILES string of the molecule is O=COCc1ccc(NC(=O)OC2OC(C(=O)O)C(O)C(O)C2O)cc1. The largest absolute Gasteiger partial charge is 0.479 e. The number of nitrogens with one attached hydrogen (secondary N) is 1. The first kappa shape index (κ1) is 19.6. The van der Waals surface area contributed by atoms with E-state index in [2.05, 4.69) is 10.1 Å². The summed E-state index contributed by atoms with van der Waals surface area (Å²) >= 11 is 0. The van der Waals surface area contributed by atoms with Crippen LogP contribution in [0.3, 0.4) is 0 Å². The highest BCUT2D eigenvalue weighted by Gasteiger charge is 2.48. The predicted octanol–water partition coefficient (Wildman–Crippen LogP) is -1.20. The summed E-state index contributed by atoms with van der Waals surface area (Å²) < 4.78 is 14.2. The summed E-state index contributed by atoms with van der Waals surface area (Å²) in [6.07, 6.45) is -10.3. The van der Waals surface area contributed by atoms with Crippen LogP contribution in [0.5, 0.6) is 0 Å². The third-order valence-corrected chi connectivity index (χ3v) is 3.55. The van der Waals surface area contributed by atoms with Gasteiger partial charge in [0.15, 0.2) is 6.10 Å². The lowest BCUT2D eigenvalue weighted by atomic mass is 9.99. The fourth-order valence-electron chi connectivity index (χ4n) is 2.22. The minimum Gasteiger partial charge on any atom is -0.479 e. The number of rotatable bonds is 6. The van der Waals surface area contributed by atoms with E-state index in [1.54, 1.807) is 12.1 Å². The molecular formula is C15H17NO10. The van der Waals surface area contributed by atoms with E-state index >= 15 is 0 Å². The minimum atomic E-state index is -1.88.